The summed E-state index contributed by atoms with van der Waals surface area (Å²) in [5.41, 5.74) is 4.37. The highest BCUT2D eigenvalue weighted by molar-refractivity contribution is 14.1. The van der Waals surface area contributed by atoms with Crippen LogP contribution in [0.4, 0.5) is 0 Å². The van der Waals surface area contributed by atoms with Crippen molar-refractivity contribution in [3.05, 3.63) is 116 Å². The Bertz CT molecular complexity index is 1560. The lowest BCUT2D eigenvalue weighted by Gasteiger charge is -2.30. The van der Waals surface area contributed by atoms with E-state index in [9.17, 15) is 14.4 Å². The van der Waals surface area contributed by atoms with Gasteiger partial charge in [0.05, 0.1) is 12.2 Å². The molecule has 10 heteroatoms. The molecule has 3 aromatic rings. The molecule has 1 heterocycles. The van der Waals surface area contributed by atoms with E-state index in [1.165, 1.54) is 0 Å². The van der Waals surface area contributed by atoms with Crippen molar-refractivity contribution in [2.75, 3.05) is 13.2 Å². The highest BCUT2D eigenvalue weighted by Gasteiger charge is 2.55. The fraction of sp³-hybridized carbons (Fsp3) is 0.303. The third kappa shape index (κ3) is 6.37. The minimum Gasteiger partial charge on any atom is -0.455 e. The number of hydrogen-bond donors (Lipinski definition) is 3. The molecular formula is C33H31IN2O7. The first-order valence-corrected chi connectivity index (χ1v) is 15.3. The predicted molar refractivity (Wildman–Crippen MR) is 165 cm³/mol. The lowest BCUT2D eigenvalue weighted by molar-refractivity contribution is -0.172. The lowest BCUT2D eigenvalue weighted by atomic mass is 9.91. The summed E-state index contributed by atoms with van der Waals surface area (Å²) < 4.78 is 19.9. The summed E-state index contributed by atoms with van der Waals surface area (Å²) in [5, 5.41) is 14.5. The Morgan fingerprint density at radius 1 is 0.930 bits per heavy atom. The maximum Gasteiger partial charge on any atom is 0.339 e. The number of benzene rings is 3. The maximum atomic E-state index is 13.4. The minimum absolute atomic E-state index is 0.151. The van der Waals surface area contributed by atoms with E-state index >= 15 is 0 Å². The van der Waals surface area contributed by atoms with Gasteiger partial charge in [0.2, 0.25) is 5.91 Å². The van der Waals surface area contributed by atoms with Gasteiger partial charge in [-0.25, -0.2) is 4.79 Å². The minimum atomic E-state index is -0.885. The number of carbonyl (C=O) groups is 3. The molecule has 0 aromatic heterocycles. The molecule has 222 valence electrons. The number of halogens is 1. The van der Waals surface area contributed by atoms with Crippen molar-refractivity contribution in [3.8, 4) is 0 Å². The molecule has 1 saturated heterocycles. The number of ether oxygens (including phenoxy) is 3. The van der Waals surface area contributed by atoms with Gasteiger partial charge in [-0.1, -0.05) is 48.5 Å². The van der Waals surface area contributed by atoms with Gasteiger partial charge in [-0.15, -0.1) is 0 Å². The first kappa shape index (κ1) is 29.5. The van der Waals surface area contributed by atoms with Crippen LogP contribution in [0.2, 0.25) is 0 Å². The molecule has 0 radical (unpaired) electrons. The van der Waals surface area contributed by atoms with Crippen LogP contribution in [0.15, 0.2) is 84.4 Å². The summed E-state index contributed by atoms with van der Waals surface area (Å²) in [6, 6.07) is 22.2. The van der Waals surface area contributed by atoms with Crippen LogP contribution in [-0.4, -0.2) is 60.1 Å². The average molecular weight is 695 g/mol. The molecule has 0 bridgehead atoms. The molecule has 2 aliphatic carbocycles. The fourth-order valence-corrected chi connectivity index (χ4v) is 6.49. The van der Waals surface area contributed by atoms with Gasteiger partial charge in [0.25, 0.3) is 5.91 Å². The van der Waals surface area contributed by atoms with Crippen LogP contribution < -0.4 is 10.6 Å². The summed E-state index contributed by atoms with van der Waals surface area (Å²) in [4.78, 5) is 39.0. The molecule has 3 aliphatic rings. The van der Waals surface area contributed by atoms with Gasteiger partial charge in [0.1, 0.15) is 18.3 Å². The second-order valence-electron chi connectivity index (χ2n) is 10.9. The van der Waals surface area contributed by atoms with Gasteiger partial charge in [-0.05, 0) is 69.6 Å². The van der Waals surface area contributed by atoms with E-state index in [1.54, 1.807) is 36.4 Å². The molecule has 3 atom stereocenters. The van der Waals surface area contributed by atoms with E-state index in [-0.39, 0.29) is 37.9 Å². The van der Waals surface area contributed by atoms with Crippen molar-refractivity contribution in [2.24, 2.45) is 0 Å². The molecule has 1 spiro atoms. The fourth-order valence-electron chi connectivity index (χ4n) is 5.88. The van der Waals surface area contributed by atoms with Crippen molar-refractivity contribution < 1.29 is 33.7 Å². The molecule has 1 aliphatic heterocycles. The highest BCUT2D eigenvalue weighted by atomic mass is 127. The second-order valence-corrected chi connectivity index (χ2v) is 12.0. The van der Waals surface area contributed by atoms with Gasteiger partial charge < -0.3 is 30.0 Å². The zero-order valence-electron chi connectivity index (χ0n) is 23.3. The van der Waals surface area contributed by atoms with Gasteiger partial charge in [-0.3, -0.25) is 9.59 Å². The largest absolute Gasteiger partial charge is 0.455 e. The zero-order chi connectivity index (χ0) is 30.0. The Morgan fingerprint density at radius 2 is 1.67 bits per heavy atom. The number of nitrogens with one attached hydrogen (secondary N) is 2. The summed E-state index contributed by atoms with van der Waals surface area (Å²) in [5.74, 6) is -1.99. The van der Waals surface area contributed by atoms with Crippen LogP contribution in [0.1, 0.15) is 43.8 Å². The van der Waals surface area contributed by atoms with Crippen LogP contribution in [0.3, 0.4) is 0 Å². The molecule has 3 unspecified atom stereocenters. The van der Waals surface area contributed by atoms with Crippen molar-refractivity contribution >= 4 is 40.4 Å². The van der Waals surface area contributed by atoms with Crippen LogP contribution in [-0.2, 0) is 38.4 Å². The molecule has 1 fully saturated rings. The number of rotatable bonds is 8. The second kappa shape index (κ2) is 12.6. The third-order valence-corrected chi connectivity index (χ3v) is 8.84. The molecule has 3 aromatic carbocycles. The molecular weight excluding hydrogens is 663 g/mol. The number of fused-ring (bicyclic) bond motifs is 2. The Balaban J connectivity index is 1.20. The summed E-state index contributed by atoms with van der Waals surface area (Å²) >= 11 is 2.10. The Morgan fingerprint density at radius 3 is 2.42 bits per heavy atom. The average Bonchev–Trinajstić information content (AvgIpc) is 3.57. The number of aliphatic hydroxyl groups is 1. The van der Waals surface area contributed by atoms with Crippen molar-refractivity contribution in [1.82, 2.24) is 10.6 Å². The van der Waals surface area contributed by atoms with Gasteiger partial charge in [-0.2, -0.15) is 0 Å². The first-order valence-electron chi connectivity index (χ1n) is 14.2. The van der Waals surface area contributed by atoms with Crippen LogP contribution in [0.5, 0.6) is 0 Å². The van der Waals surface area contributed by atoms with E-state index < -0.39 is 30.1 Å². The van der Waals surface area contributed by atoms with Crippen molar-refractivity contribution in [3.63, 3.8) is 0 Å². The van der Waals surface area contributed by atoms with Crippen LogP contribution >= 0.6 is 22.6 Å². The first-order chi connectivity index (χ1) is 20.8. The molecule has 43 heavy (non-hydrogen) atoms. The summed E-state index contributed by atoms with van der Waals surface area (Å²) in [6.07, 6.45) is 1.22. The number of hydrogen-bond acceptors (Lipinski definition) is 7. The van der Waals surface area contributed by atoms with Gasteiger partial charge >= 0.3 is 5.97 Å². The van der Waals surface area contributed by atoms with Crippen LogP contribution in [0.25, 0.3) is 0 Å². The zero-order valence-corrected chi connectivity index (χ0v) is 25.4. The van der Waals surface area contributed by atoms with Gasteiger partial charge in [0, 0.05) is 47.1 Å². The quantitative estimate of drug-likeness (QED) is 0.244. The smallest absolute Gasteiger partial charge is 0.339 e. The lowest BCUT2D eigenvalue weighted by Crippen LogP contribution is -2.43. The van der Waals surface area contributed by atoms with E-state index in [2.05, 4.69) is 45.4 Å². The number of carbonyl (C=O) groups excluding carboxylic acids is 3. The Hall–Kier alpha value is -3.58. The maximum absolute atomic E-state index is 13.4. The third-order valence-electron chi connectivity index (χ3n) is 7.90. The van der Waals surface area contributed by atoms with Crippen molar-refractivity contribution in [2.45, 2.75) is 49.9 Å². The molecule has 2 amide bonds. The predicted octanol–water partition coefficient (Wildman–Crippen LogP) is 3.46. The number of amides is 2. The van der Waals surface area contributed by atoms with E-state index in [0.29, 0.717) is 29.5 Å². The number of aliphatic hydroxyl groups excluding tert-OH is 1. The highest BCUT2D eigenvalue weighted by Crippen LogP contribution is 2.45. The molecule has 0 saturated carbocycles. The SMILES string of the molecule is O=C(NCc1cccc(C(=O)NCCO)c1)C1=CC2OC3(Cc4ccccc4C3)OC2C(OC(=O)c2ccccc2I)C1. The Kier molecular flexibility index (Phi) is 8.62. The topological polar surface area (TPSA) is 123 Å². The standard InChI is InChI=1S/C33H31IN2O7/c34-26-11-4-3-10-25(26)32(40)41-27-15-24(31(39)36-19-20-6-5-9-21(14-20)30(38)35-12-13-37)16-28-29(27)43-33(42-28)17-22-7-1-2-8-23(22)18-33/h1-11,14,16,27-29,37H,12-13,15,17-19H2,(H,35,38)(H,36,39). The van der Waals surface area contributed by atoms with E-state index in [1.807, 2.05) is 30.3 Å². The number of esters is 1. The molecule has 3 N–H and O–H groups in total. The van der Waals surface area contributed by atoms with Crippen LogP contribution in [0, 0.1) is 3.57 Å². The van der Waals surface area contributed by atoms with Gasteiger partial charge in [0.15, 0.2) is 5.79 Å². The van der Waals surface area contributed by atoms with E-state index in [4.69, 9.17) is 19.3 Å². The van der Waals surface area contributed by atoms with E-state index in [0.717, 1.165) is 20.3 Å². The summed E-state index contributed by atoms with van der Waals surface area (Å²) in [7, 11) is 0. The monoisotopic (exact) mass is 694 g/mol. The van der Waals surface area contributed by atoms with Crippen molar-refractivity contribution in [1.29, 1.82) is 0 Å². The summed E-state index contributed by atoms with van der Waals surface area (Å²) in [6.45, 7) is 0.196. The molecule has 6 rings (SSSR count). The normalized spacial score (nSPS) is 21.4. The molecule has 9 nitrogen and oxygen atoms in total. The Labute approximate surface area is 262 Å².